The highest BCUT2D eigenvalue weighted by Gasteiger charge is 2.12. The van der Waals surface area contributed by atoms with Gasteiger partial charge in [0.2, 0.25) is 0 Å². The number of hydrogen-bond acceptors (Lipinski definition) is 4. The first kappa shape index (κ1) is 13.3. The summed E-state index contributed by atoms with van der Waals surface area (Å²) < 4.78 is 0. The Morgan fingerprint density at radius 2 is 2.05 bits per heavy atom. The van der Waals surface area contributed by atoms with E-state index in [1.165, 1.54) is 5.56 Å². The lowest BCUT2D eigenvalue weighted by atomic mass is 10.1. The maximum atomic E-state index is 4.42. The van der Waals surface area contributed by atoms with E-state index in [9.17, 15) is 0 Å². The van der Waals surface area contributed by atoms with Crippen molar-refractivity contribution in [3.8, 4) is 0 Å². The number of aromatic nitrogens is 4. The molecule has 1 aromatic carbocycles. The van der Waals surface area contributed by atoms with Crippen LogP contribution in [0.15, 0.2) is 55.5 Å². The summed E-state index contributed by atoms with van der Waals surface area (Å²) in [6.07, 6.45) is 6.18. The average molecular weight is 279 g/mol. The first-order chi connectivity index (χ1) is 10.4. The van der Waals surface area contributed by atoms with E-state index in [1.54, 1.807) is 12.5 Å². The predicted octanol–water partition coefficient (Wildman–Crippen LogP) is 2.59. The first-order valence-corrected chi connectivity index (χ1v) is 6.92. The molecule has 1 N–H and O–H groups in total. The molecule has 3 aromatic rings. The van der Waals surface area contributed by atoms with Gasteiger partial charge in [-0.25, -0.2) is 9.97 Å². The minimum Gasteiger partial charge on any atom is -0.352 e. The molecular weight excluding hydrogens is 262 g/mol. The van der Waals surface area contributed by atoms with Gasteiger partial charge in [-0.05, 0) is 12.0 Å². The fourth-order valence-corrected chi connectivity index (χ4v) is 2.35. The molecule has 0 aliphatic carbocycles. The van der Waals surface area contributed by atoms with Gasteiger partial charge in [0.1, 0.15) is 12.1 Å². The van der Waals surface area contributed by atoms with E-state index in [-0.39, 0.29) is 0 Å². The molecule has 21 heavy (non-hydrogen) atoms. The largest absolute Gasteiger partial charge is 0.352 e. The van der Waals surface area contributed by atoms with E-state index in [0.717, 1.165) is 36.4 Å². The van der Waals surface area contributed by atoms with Crippen LogP contribution in [0.2, 0.25) is 0 Å². The van der Waals surface area contributed by atoms with Crippen LogP contribution in [0.5, 0.6) is 0 Å². The molecule has 0 atom stereocenters. The van der Waals surface area contributed by atoms with Gasteiger partial charge < -0.3 is 4.90 Å². The third-order valence-corrected chi connectivity index (χ3v) is 3.39. The number of nitrogens with one attached hydrogen (secondary N) is 1. The summed E-state index contributed by atoms with van der Waals surface area (Å²) in [6, 6.07) is 10.4. The maximum Gasteiger partial charge on any atom is 0.160 e. The molecule has 0 saturated carbocycles. The fraction of sp³-hybridized carbons (Fsp3) is 0.188. The third kappa shape index (κ3) is 2.91. The Bertz CT molecular complexity index is 720. The van der Waals surface area contributed by atoms with Gasteiger partial charge in [-0.3, -0.25) is 5.10 Å². The Hall–Kier alpha value is -2.69. The van der Waals surface area contributed by atoms with Crippen molar-refractivity contribution in [1.82, 2.24) is 20.2 Å². The summed E-state index contributed by atoms with van der Waals surface area (Å²) in [5.41, 5.74) is 2.07. The third-order valence-electron chi connectivity index (χ3n) is 3.39. The molecule has 0 bridgehead atoms. The molecule has 0 aliphatic rings. The highest BCUT2D eigenvalue weighted by Crippen LogP contribution is 2.21. The zero-order chi connectivity index (χ0) is 14.5. The summed E-state index contributed by atoms with van der Waals surface area (Å²) in [6.45, 7) is 5.45. The molecule has 0 saturated heterocycles. The lowest BCUT2D eigenvalue weighted by Crippen LogP contribution is -2.27. The molecule has 2 heterocycles. The zero-order valence-corrected chi connectivity index (χ0v) is 11.7. The molecule has 106 valence electrons. The highest BCUT2D eigenvalue weighted by atomic mass is 15.2. The van der Waals surface area contributed by atoms with Crippen LogP contribution in [0.1, 0.15) is 5.56 Å². The number of benzene rings is 1. The number of anilines is 1. The van der Waals surface area contributed by atoms with Gasteiger partial charge in [-0.1, -0.05) is 36.4 Å². The molecule has 0 amide bonds. The standard InChI is InChI=1S/C16H17N5/c1-2-9-21(10-8-13-6-4-3-5-7-13)16-14-11-19-20-15(14)17-12-18-16/h2-7,11-12H,1,8-10H2,(H,17,18,19,20). The fourth-order valence-electron chi connectivity index (χ4n) is 2.35. The van der Waals surface area contributed by atoms with Gasteiger partial charge in [0.05, 0.1) is 11.6 Å². The van der Waals surface area contributed by atoms with Gasteiger partial charge in [-0.15, -0.1) is 6.58 Å². The van der Waals surface area contributed by atoms with Crippen molar-refractivity contribution < 1.29 is 0 Å². The van der Waals surface area contributed by atoms with Gasteiger partial charge in [0.15, 0.2) is 5.65 Å². The highest BCUT2D eigenvalue weighted by molar-refractivity contribution is 5.86. The number of hydrogen-bond donors (Lipinski definition) is 1. The Morgan fingerprint density at radius 1 is 1.19 bits per heavy atom. The zero-order valence-electron chi connectivity index (χ0n) is 11.7. The van der Waals surface area contributed by atoms with Crippen LogP contribution in [0.3, 0.4) is 0 Å². The Balaban J connectivity index is 1.84. The molecule has 3 rings (SSSR count). The second-order valence-corrected chi connectivity index (χ2v) is 4.80. The molecular formula is C16H17N5. The minimum absolute atomic E-state index is 0.740. The summed E-state index contributed by atoms with van der Waals surface area (Å²) in [4.78, 5) is 10.8. The lowest BCUT2D eigenvalue weighted by molar-refractivity contribution is 0.823. The van der Waals surface area contributed by atoms with Crippen molar-refractivity contribution in [3.63, 3.8) is 0 Å². The second-order valence-electron chi connectivity index (χ2n) is 4.80. The van der Waals surface area contributed by atoms with Crippen molar-refractivity contribution in [2.75, 3.05) is 18.0 Å². The van der Waals surface area contributed by atoms with Crippen LogP contribution in [0.4, 0.5) is 5.82 Å². The van der Waals surface area contributed by atoms with E-state index in [0.29, 0.717) is 0 Å². The van der Waals surface area contributed by atoms with Crippen molar-refractivity contribution in [1.29, 1.82) is 0 Å². The smallest absolute Gasteiger partial charge is 0.160 e. The molecule has 2 aromatic heterocycles. The molecule has 0 unspecified atom stereocenters. The molecule has 0 aliphatic heterocycles. The van der Waals surface area contributed by atoms with Crippen LogP contribution < -0.4 is 4.90 Å². The Kier molecular flexibility index (Phi) is 3.91. The van der Waals surface area contributed by atoms with E-state index < -0.39 is 0 Å². The van der Waals surface area contributed by atoms with Crippen molar-refractivity contribution in [2.24, 2.45) is 0 Å². The maximum absolute atomic E-state index is 4.42. The number of nitrogens with zero attached hydrogens (tertiary/aromatic N) is 4. The van der Waals surface area contributed by atoms with Crippen LogP contribution in [0.25, 0.3) is 11.0 Å². The Morgan fingerprint density at radius 3 is 2.86 bits per heavy atom. The molecule has 0 fully saturated rings. The summed E-state index contributed by atoms with van der Waals surface area (Å²) in [5.74, 6) is 0.893. The Labute approximate surface area is 123 Å². The number of aromatic amines is 1. The van der Waals surface area contributed by atoms with Gasteiger partial charge in [0, 0.05) is 13.1 Å². The van der Waals surface area contributed by atoms with E-state index in [2.05, 4.69) is 55.9 Å². The van der Waals surface area contributed by atoms with Gasteiger partial charge in [0.25, 0.3) is 0 Å². The normalized spacial score (nSPS) is 10.7. The monoisotopic (exact) mass is 279 g/mol. The van der Waals surface area contributed by atoms with Crippen molar-refractivity contribution in [3.05, 3.63) is 61.1 Å². The first-order valence-electron chi connectivity index (χ1n) is 6.92. The van der Waals surface area contributed by atoms with Crippen molar-refractivity contribution >= 4 is 16.9 Å². The van der Waals surface area contributed by atoms with E-state index in [1.807, 2.05) is 12.1 Å². The van der Waals surface area contributed by atoms with E-state index >= 15 is 0 Å². The summed E-state index contributed by atoms with van der Waals surface area (Å²) in [7, 11) is 0. The predicted molar refractivity (Wildman–Crippen MR) is 84.2 cm³/mol. The molecule has 0 radical (unpaired) electrons. The molecule has 5 nitrogen and oxygen atoms in total. The molecule has 5 heteroatoms. The van der Waals surface area contributed by atoms with E-state index in [4.69, 9.17) is 0 Å². The van der Waals surface area contributed by atoms with Gasteiger partial charge in [-0.2, -0.15) is 5.10 Å². The lowest BCUT2D eigenvalue weighted by Gasteiger charge is -2.22. The summed E-state index contributed by atoms with van der Waals surface area (Å²) >= 11 is 0. The topological polar surface area (TPSA) is 57.7 Å². The van der Waals surface area contributed by atoms with Crippen LogP contribution in [-0.4, -0.2) is 33.3 Å². The minimum atomic E-state index is 0.740. The SMILES string of the molecule is C=CCN(CCc1ccccc1)c1ncnc2[nH]ncc12. The number of rotatable bonds is 6. The second kappa shape index (κ2) is 6.17. The van der Waals surface area contributed by atoms with Crippen LogP contribution in [-0.2, 0) is 6.42 Å². The molecule has 0 spiro atoms. The van der Waals surface area contributed by atoms with Crippen LogP contribution in [0, 0.1) is 0 Å². The summed E-state index contributed by atoms with van der Waals surface area (Å²) in [5, 5.41) is 7.86. The quantitative estimate of drug-likeness (QED) is 0.705. The van der Waals surface area contributed by atoms with Gasteiger partial charge >= 0.3 is 0 Å². The van der Waals surface area contributed by atoms with Crippen molar-refractivity contribution in [2.45, 2.75) is 6.42 Å². The average Bonchev–Trinajstić information content (AvgIpc) is 3.01. The number of H-pyrrole nitrogens is 1. The number of fused-ring (bicyclic) bond motifs is 1. The van der Waals surface area contributed by atoms with Crippen LogP contribution >= 0.6 is 0 Å².